The van der Waals surface area contributed by atoms with Gasteiger partial charge in [0.1, 0.15) is 0 Å². The quantitative estimate of drug-likeness (QED) is 0.362. The maximum absolute atomic E-state index is 9.00. The fraction of sp³-hybridized carbons (Fsp3) is 0.154. The molecular weight excluding hydrogens is 214 g/mol. The molecule has 0 radical (unpaired) electrons. The zero-order valence-electron chi connectivity index (χ0n) is 9.45. The number of allylic oxidation sites excluding steroid dienone is 2. The highest BCUT2D eigenvalue weighted by atomic mass is 16.4. The SMILES string of the molecule is O/N=C(\CCc1ccccc1)N1C=CC=CN1. The second-order valence-corrected chi connectivity index (χ2v) is 3.70. The Labute approximate surface area is 101 Å². The molecule has 0 amide bonds. The number of aryl methyl sites for hydroxylation is 1. The topological polar surface area (TPSA) is 47.9 Å². The second kappa shape index (κ2) is 5.75. The van der Waals surface area contributed by atoms with Crippen LogP contribution >= 0.6 is 0 Å². The molecule has 1 heterocycles. The number of amidine groups is 1. The number of oxime groups is 1. The smallest absolute Gasteiger partial charge is 0.167 e. The third kappa shape index (κ3) is 3.11. The van der Waals surface area contributed by atoms with Crippen molar-refractivity contribution in [1.82, 2.24) is 10.4 Å². The monoisotopic (exact) mass is 229 g/mol. The molecule has 0 unspecified atom stereocenters. The van der Waals surface area contributed by atoms with Crippen LogP contribution < -0.4 is 5.43 Å². The van der Waals surface area contributed by atoms with Gasteiger partial charge in [-0.1, -0.05) is 35.5 Å². The Bertz CT molecular complexity index is 437. The van der Waals surface area contributed by atoms with Crippen molar-refractivity contribution in [2.45, 2.75) is 12.8 Å². The summed E-state index contributed by atoms with van der Waals surface area (Å²) in [5.41, 5.74) is 4.21. The Morgan fingerprint density at radius 2 is 2.06 bits per heavy atom. The van der Waals surface area contributed by atoms with Crippen LogP contribution in [0.2, 0.25) is 0 Å². The van der Waals surface area contributed by atoms with E-state index in [-0.39, 0.29) is 0 Å². The molecule has 1 aromatic carbocycles. The van der Waals surface area contributed by atoms with Gasteiger partial charge >= 0.3 is 0 Å². The highest BCUT2D eigenvalue weighted by molar-refractivity contribution is 5.82. The summed E-state index contributed by atoms with van der Waals surface area (Å²) in [6.07, 6.45) is 8.88. The first kappa shape index (κ1) is 11.3. The lowest BCUT2D eigenvalue weighted by Gasteiger charge is -2.22. The molecule has 0 atom stereocenters. The van der Waals surface area contributed by atoms with Gasteiger partial charge < -0.3 is 10.6 Å². The molecule has 0 aromatic heterocycles. The molecule has 1 aliphatic rings. The van der Waals surface area contributed by atoms with Gasteiger partial charge in [0, 0.05) is 18.8 Å². The van der Waals surface area contributed by atoms with Crippen molar-refractivity contribution in [3.63, 3.8) is 0 Å². The Morgan fingerprint density at radius 3 is 2.71 bits per heavy atom. The highest BCUT2D eigenvalue weighted by Gasteiger charge is 2.09. The van der Waals surface area contributed by atoms with E-state index in [0.29, 0.717) is 12.3 Å². The lowest BCUT2D eigenvalue weighted by molar-refractivity contribution is 0.301. The van der Waals surface area contributed by atoms with Gasteiger partial charge in [0.2, 0.25) is 0 Å². The Morgan fingerprint density at radius 1 is 1.24 bits per heavy atom. The Kier molecular flexibility index (Phi) is 3.81. The van der Waals surface area contributed by atoms with Crippen molar-refractivity contribution in [1.29, 1.82) is 0 Å². The molecule has 17 heavy (non-hydrogen) atoms. The highest BCUT2D eigenvalue weighted by Crippen LogP contribution is 2.06. The molecule has 0 fully saturated rings. The predicted octanol–water partition coefficient (Wildman–Crippen LogP) is 2.25. The third-order valence-corrected chi connectivity index (χ3v) is 2.53. The number of hydrazine groups is 1. The minimum absolute atomic E-state index is 0.592. The van der Waals surface area contributed by atoms with Crippen LogP contribution in [0.5, 0.6) is 0 Å². The van der Waals surface area contributed by atoms with Gasteiger partial charge in [-0.15, -0.1) is 0 Å². The van der Waals surface area contributed by atoms with E-state index >= 15 is 0 Å². The van der Waals surface area contributed by atoms with Crippen LogP contribution in [0, 0.1) is 0 Å². The molecule has 0 bridgehead atoms. The minimum atomic E-state index is 0.592. The van der Waals surface area contributed by atoms with E-state index in [9.17, 15) is 0 Å². The van der Waals surface area contributed by atoms with Crippen LogP contribution in [0.4, 0.5) is 0 Å². The van der Waals surface area contributed by atoms with Crippen molar-refractivity contribution in [3.05, 3.63) is 60.4 Å². The molecule has 2 N–H and O–H groups in total. The number of nitrogens with one attached hydrogen (secondary N) is 1. The Hall–Kier alpha value is -2.23. The average Bonchev–Trinajstić information content (AvgIpc) is 2.42. The predicted molar refractivity (Wildman–Crippen MR) is 67.2 cm³/mol. The Balaban J connectivity index is 1.93. The number of rotatable bonds is 3. The van der Waals surface area contributed by atoms with E-state index in [1.54, 1.807) is 11.2 Å². The normalized spacial score (nSPS) is 14.8. The first-order valence-corrected chi connectivity index (χ1v) is 5.54. The van der Waals surface area contributed by atoms with Gasteiger partial charge in [-0.2, -0.15) is 0 Å². The first-order chi connectivity index (χ1) is 8.40. The van der Waals surface area contributed by atoms with E-state index in [1.165, 1.54) is 5.56 Å². The number of nitrogens with zero attached hydrogens (tertiary/aromatic N) is 2. The maximum Gasteiger partial charge on any atom is 0.167 e. The standard InChI is InChI=1S/C13H15N3O/c17-15-13(16-11-5-4-10-14-16)9-8-12-6-2-1-3-7-12/h1-7,10-11,14,17H,8-9H2/b15-13+. The first-order valence-electron chi connectivity index (χ1n) is 5.54. The molecule has 0 saturated heterocycles. The summed E-state index contributed by atoms with van der Waals surface area (Å²) in [5.74, 6) is 0.592. The van der Waals surface area contributed by atoms with Crippen LogP contribution in [0.25, 0.3) is 0 Å². The lowest BCUT2D eigenvalue weighted by atomic mass is 10.1. The minimum Gasteiger partial charge on any atom is -0.409 e. The van der Waals surface area contributed by atoms with E-state index in [4.69, 9.17) is 5.21 Å². The molecule has 0 aliphatic carbocycles. The van der Waals surface area contributed by atoms with Crippen molar-refractivity contribution >= 4 is 5.84 Å². The fourth-order valence-electron chi connectivity index (χ4n) is 1.64. The van der Waals surface area contributed by atoms with Crippen molar-refractivity contribution in [2.75, 3.05) is 0 Å². The summed E-state index contributed by atoms with van der Waals surface area (Å²) in [6, 6.07) is 10.1. The zero-order valence-corrected chi connectivity index (χ0v) is 9.45. The van der Waals surface area contributed by atoms with E-state index in [0.717, 1.165) is 6.42 Å². The molecule has 1 aromatic rings. The van der Waals surface area contributed by atoms with Gasteiger partial charge in [0.15, 0.2) is 5.84 Å². The van der Waals surface area contributed by atoms with Crippen LogP contribution in [0.1, 0.15) is 12.0 Å². The van der Waals surface area contributed by atoms with Crippen LogP contribution in [-0.4, -0.2) is 16.1 Å². The maximum atomic E-state index is 9.00. The van der Waals surface area contributed by atoms with Gasteiger partial charge in [-0.05, 0) is 24.1 Å². The molecule has 0 saturated carbocycles. The van der Waals surface area contributed by atoms with Gasteiger partial charge in [-0.3, -0.25) is 0 Å². The summed E-state index contributed by atoms with van der Waals surface area (Å²) < 4.78 is 0. The van der Waals surface area contributed by atoms with E-state index < -0.39 is 0 Å². The number of hydrogen-bond acceptors (Lipinski definition) is 3. The van der Waals surface area contributed by atoms with Gasteiger partial charge in [0.05, 0.1) is 0 Å². The average molecular weight is 229 g/mol. The number of hydrogen-bond donors (Lipinski definition) is 2. The van der Waals surface area contributed by atoms with Crippen LogP contribution in [-0.2, 0) is 6.42 Å². The van der Waals surface area contributed by atoms with Crippen molar-refractivity contribution in [3.8, 4) is 0 Å². The van der Waals surface area contributed by atoms with E-state index in [1.807, 2.05) is 36.6 Å². The van der Waals surface area contributed by atoms with E-state index in [2.05, 4.69) is 22.7 Å². The summed E-state index contributed by atoms with van der Waals surface area (Å²) in [6.45, 7) is 0. The zero-order chi connectivity index (χ0) is 11.9. The van der Waals surface area contributed by atoms with Gasteiger partial charge in [-0.25, -0.2) is 5.01 Å². The molecule has 4 nitrogen and oxygen atoms in total. The van der Waals surface area contributed by atoms with Crippen LogP contribution in [0.3, 0.4) is 0 Å². The summed E-state index contributed by atoms with van der Waals surface area (Å²) >= 11 is 0. The number of benzene rings is 1. The van der Waals surface area contributed by atoms with Crippen LogP contribution in [0.15, 0.2) is 60.0 Å². The molecule has 1 aliphatic heterocycles. The second-order valence-electron chi connectivity index (χ2n) is 3.70. The molecule has 2 rings (SSSR count). The fourth-order valence-corrected chi connectivity index (χ4v) is 1.64. The molecule has 88 valence electrons. The lowest BCUT2D eigenvalue weighted by Crippen LogP contribution is -2.36. The van der Waals surface area contributed by atoms with Crippen molar-refractivity contribution in [2.24, 2.45) is 5.16 Å². The molecule has 0 spiro atoms. The molecule has 4 heteroatoms. The molecular formula is C13H15N3O. The van der Waals surface area contributed by atoms with Gasteiger partial charge in [0.25, 0.3) is 0 Å². The largest absolute Gasteiger partial charge is 0.409 e. The summed E-state index contributed by atoms with van der Waals surface area (Å²) in [7, 11) is 0. The summed E-state index contributed by atoms with van der Waals surface area (Å²) in [4.78, 5) is 0. The third-order valence-electron chi connectivity index (χ3n) is 2.53. The van der Waals surface area contributed by atoms with Crippen molar-refractivity contribution < 1.29 is 5.21 Å². The summed E-state index contributed by atoms with van der Waals surface area (Å²) in [5, 5.41) is 14.0.